The molecule has 0 radical (unpaired) electrons. The van der Waals surface area contributed by atoms with E-state index in [9.17, 15) is 0 Å². The third-order valence-corrected chi connectivity index (χ3v) is 5.60. The van der Waals surface area contributed by atoms with E-state index in [0.717, 1.165) is 0 Å². The predicted octanol–water partition coefficient (Wildman–Crippen LogP) is 7.29. The number of aromatic amines is 1. The van der Waals surface area contributed by atoms with Crippen LogP contribution in [0.4, 0.5) is 0 Å². The normalized spacial score (nSPS) is 11.7. The molecule has 1 N–H and O–H groups in total. The molecule has 126 valence electrons. The number of rotatable bonds is 1. The summed E-state index contributed by atoms with van der Waals surface area (Å²) in [7, 11) is 0. The van der Waals surface area contributed by atoms with Crippen molar-refractivity contribution in [2.24, 2.45) is 0 Å². The third-order valence-electron chi connectivity index (χ3n) is 5.60. The van der Waals surface area contributed by atoms with E-state index in [1.807, 2.05) is 0 Å². The zero-order chi connectivity index (χ0) is 17.8. The molecule has 6 aromatic rings. The molecular weight excluding hydrogens is 326 g/mol. The maximum Gasteiger partial charge on any atom is 0.0551 e. The lowest BCUT2D eigenvalue weighted by atomic mass is 9.96. The molecule has 0 bridgehead atoms. The molecule has 0 amide bonds. The van der Waals surface area contributed by atoms with Crippen LogP contribution in [0.5, 0.6) is 0 Å². The topological polar surface area (TPSA) is 15.8 Å². The number of fused-ring (bicyclic) bond motifs is 8. The molecule has 0 aliphatic heterocycles. The summed E-state index contributed by atoms with van der Waals surface area (Å²) in [5.74, 6) is 0. The smallest absolute Gasteiger partial charge is 0.0551 e. The van der Waals surface area contributed by atoms with E-state index in [1.54, 1.807) is 0 Å². The van der Waals surface area contributed by atoms with E-state index in [4.69, 9.17) is 0 Å². The highest BCUT2D eigenvalue weighted by atomic mass is 14.7. The lowest BCUT2D eigenvalue weighted by Gasteiger charge is -2.07. The average Bonchev–Trinajstić information content (AvgIpc) is 3.15. The Hall–Kier alpha value is -3.58. The highest BCUT2D eigenvalue weighted by Gasteiger charge is 2.15. The number of H-pyrrole nitrogens is 1. The SMILES string of the molecule is c1ccc(-c2cccc3c2[nH]c2c4ccccc4c4ccccc4c32)cc1. The molecule has 0 atom stereocenters. The van der Waals surface area contributed by atoms with Crippen molar-refractivity contribution in [2.45, 2.75) is 0 Å². The number of hydrogen-bond donors (Lipinski definition) is 1. The van der Waals surface area contributed by atoms with Crippen molar-refractivity contribution in [2.75, 3.05) is 0 Å². The summed E-state index contributed by atoms with van der Waals surface area (Å²) in [6.45, 7) is 0. The van der Waals surface area contributed by atoms with Crippen LogP contribution in [0.15, 0.2) is 97.1 Å². The van der Waals surface area contributed by atoms with Gasteiger partial charge >= 0.3 is 0 Å². The van der Waals surface area contributed by atoms with Gasteiger partial charge in [0, 0.05) is 21.7 Å². The lowest BCUT2D eigenvalue weighted by molar-refractivity contribution is 1.55. The summed E-state index contributed by atoms with van der Waals surface area (Å²) >= 11 is 0. The van der Waals surface area contributed by atoms with Crippen LogP contribution in [-0.4, -0.2) is 4.98 Å². The highest BCUT2D eigenvalue weighted by molar-refractivity contribution is 6.32. The number of para-hydroxylation sites is 1. The van der Waals surface area contributed by atoms with E-state index < -0.39 is 0 Å². The largest absolute Gasteiger partial charge is 0.353 e. The standard InChI is InChI=1S/C26H17N/c1-2-9-17(10-3-1)18-15-8-16-23-24-21-13-6-4-11-19(21)20-12-5-7-14-22(20)26(24)27-25(18)23/h1-16,27H. The number of hydrogen-bond acceptors (Lipinski definition) is 0. The van der Waals surface area contributed by atoms with Crippen LogP contribution in [-0.2, 0) is 0 Å². The Morgan fingerprint density at radius 1 is 0.407 bits per heavy atom. The summed E-state index contributed by atoms with van der Waals surface area (Å²) < 4.78 is 0. The van der Waals surface area contributed by atoms with Gasteiger partial charge in [-0.15, -0.1) is 0 Å². The van der Waals surface area contributed by atoms with Crippen molar-refractivity contribution in [1.29, 1.82) is 0 Å². The van der Waals surface area contributed by atoms with Crippen molar-refractivity contribution in [1.82, 2.24) is 4.98 Å². The molecule has 1 nitrogen and oxygen atoms in total. The summed E-state index contributed by atoms with van der Waals surface area (Å²) in [6, 6.07) is 34.7. The Balaban J connectivity index is 1.89. The van der Waals surface area contributed by atoms with Crippen molar-refractivity contribution in [3.8, 4) is 11.1 Å². The molecule has 0 saturated heterocycles. The van der Waals surface area contributed by atoms with Gasteiger partial charge in [0.15, 0.2) is 0 Å². The Kier molecular flexibility index (Phi) is 2.95. The van der Waals surface area contributed by atoms with Gasteiger partial charge in [0.25, 0.3) is 0 Å². The number of nitrogens with one attached hydrogen (secondary N) is 1. The molecule has 27 heavy (non-hydrogen) atoms. The van der Waals surface area contributed by atoms with Crippen molar-refractivity contribution >= 4 is 43.4 Å². The van der Waals surface area contributed by atoms with E-state index >= 15 is 0 Å². The Morgan fingerprint density at radius 2 is 1.00 bits per heavy atom. The Morgan fingerprint density at radius 3 is 1.78 bits per heavy atom. The van der Waals surface area contributed by atoms with Crippen LogP contribution in [0.2, 0.25) is 0 Å². The molecule has 0 saturated carbocycles. The zero-order valence-corrected chi connectivity index (χ0v) is 14.7. The second kappa shape index (κ2) is 5.46. The maximum absolute atomic E-state index is 3.78. The Labute approximate surface area is 156 Å². The van der Waals surface area contributed by atoms with Crippen LogP contribution >= 0.6 is 0 Å². The van der Waals surface area contributed by atoms with Crippen molar-refractivity contribution < 1.29 is 0 Å². The van der Waals surface area contributed by atoms with Gasteiger partial charge in [-0.3, -0.25) is 0 Å². The van der Waals surface area contributed by atoms with Crippen LogP contribution < -0.4 is 0 Å². The second-order valence-electron chi connectivity index (χ2n) is 7.06. The van der Waals surface area contributed by atoms with Crippen LogP contribution in [0.25, 0.3) is 54.5 Å². The molecular formula is C26H17N. The Bertz CT molecular complexity index is 1460. The lowest BCUT2D eigenvalue weighted by Crippen LogP contribution is -1.80. The number of aromatic nitrogens is 1. The first-order chi connectivity index (χ1) is 13.4. The van der Waals surface area contributed by atoms with Gasteiger partial charge in [-0.1, -0.05) is 97.1 Å². The van der Waals surface area contributed by atoms with Crippen LogP contribution in [0.1, 0.15) is 0 Å². The summed E-state index contributed by atoms with van der Waals surface area (Å²) in [6.07, 6.45) is 0. The fourth-order valence-electron chi connectivity index (χ4n) is 4.43. The monoisotopic (exact) mass is 343 g/mol. The van der Waals surface area contributed by atoms with Gasteiger partial charge in [0.2, 0.25) is 0 Å². The molecule has 0 fully saturated rings. The van der Waals surface area contributed by atoms with E-state index in [1.165, 1.54) is 54.5 Å². The minimum Gasteiger partial charge on any atom is -0.353 e. The molecule has 6 rings (SSSR count). The molecule has 0 aliphatic rings. The number of benzene rings is 5. The van der Waals surface area contributed by atoms with E-state index in [-0.39, 0.29) is 0 Å². The van der Waals surface area contributed by atoms with E-state index in [0.29, 0.717) is 0 Å². The van der Waals surface area contributed by atoms with Gasteiger partial charge in [0.1, 0.15) is 0 Å². The highest BCUT2D eigenvalue weighted by Crippen LogP contribution is 2.41. The van der Waals surface area contributed by atoms with Crippen molar-refractivity contribution in [3.05, 3.63) is 97.1 Å². The predicted molar refractivity (Wildman–Crippen MR) is 116 cm³/mol. The first kappa shape index (κ1) is 14.6. The molecule has 5 aromatic carbocycles. The molecule has 1 heteroatoms. The molecule has 0 spiro atoms. The molecule has 1 aromatic heterocycles. The fourth-order valence-corrected chi connectivity index (χ4v) is 4.43. The molecule has 0 aliphatic carbocycles. The summed E-state index contributed by atoms with van der Waals surface area (Å²) in [4.78, 5) is 3.78. The van der Waals surface area contributed by atoms with Gasteiger partial charge in [-0.05, 0) is 21.7 Å². The second-order valence-corrected chi connectivity index (χ2v) is 7.06. The summed E-state index contributed by atoms with van der Waals surface area (Å²) in [5, 5.41) is 7.80. The quantitative estimate of drug-likeness (QED) is 0.302. The summed E-state index contributed by atoms with van der Waals surface area (Å²) in [5.41, 5.74) is 4.92. The van der Waals surface area contributed by atoms with Crippen molar-refractivity contribution in [3.63, 3.8) is 0 Å². The fraction of sp³-hybridized carbons (Fsp3) is 0. The zero-order valence-electron chi connectivity index (χ0n) is 14.7. The van der Waals surface area contributed by atoms with Crippen LogP contribution in [0.3, 0.4) is 0 Å². The van der Waals surface area contributed by atoms with Crippen LogP contribution in [0, 0.1) is 0 Å². The molecule has 1 heterocycles. The maximum atomic E-state index is 3.78. The third kappa shape index (κ3) is 2.00. The minimum atomic E-state index is 1.21. The van der Waals surface area contributed by atoms with Gasteiger partial charge in [0.05, 0.1) is 11.0 Å². The molecule has 0 unspecified atom stereocenters. The minimum absolute atomic E-state index is 1.21. The van der Waals surface area contributed by atoms with E-state index in [2.05, 4.69) is 102 Å². The van der Waals surface area contributed by atoms with Gasteiger partial charge in [-0.25, -0.2) is 0 Å². The average molecular weight is 343 g/mol. The first-order valence-electron chi connectivity index (χ1n) is 9.31. The first-order valence-corrected chi connectivity index (χ1v) is 9.31. The van der Waals surface area contributed by atoms with Gasteiger partial charge in [-0.2, -0.15) is 0 Å². The van der Waals surface area contributed by atoms with Gasteiger partial charge < -0.3 is 4.98 Å².